The fraction of sp³-hybridized carbons (Fsp3) is 0.500. The van der Waals surface area contributed by atoms with E-state index in [1.165, 1.54) is 12.8 Å². The minimum atomic E-state index is -0.455. The van der Waals surface area contributed by atoms with Gasteiger partial charge in [0, 0.05) is 11.9 Å². The normalized spacial score (nSPS) is 17.2. The largest absolute Gasteiger partial charge is 0.391 e. The summed E-state index contributed by atoms with van der Waals surface area (Å²) in [7, 11) is 0. The van der Waals surface area contributed by atoms with Gasteiger partial charge >= 0.3 is 0 Å². The molecule has 3 N–H and O–H groups in total. The Kier molecular flexibility index (Phi) is 3.92. The quantitative estimate of drug-likeness (QED) is 0.806. The maximum atomic E-state index is 12.2. The molecule has 1 saturated carbocycles. The number of amides is 1. The predicted octanol–water partition coefficient (Wildman–Crippen LogP) is 2.15. The van der Waals surface area contributed by atoms with Crippen molar-refractivity contribution in [2.75, 3.05) is 6.54 Å². The molecule has 1 atom stereocenters. The predicted molar refractivity (Wildman–Crippen MR) is 81.1 cm³/mol. The molecule has 1 aliphatic rings. The van der Waals surface area contributed by atoms with E-state index in [0.717, 1.165) is 29.3 Å². The van der Waals surface area contributed by atoms with E-state index in [-0.39, 0.29) is 5.91 Å². The number of aliphatic hydroxyl groups excluding tert-OH is 1. The highest BCUT2D eigenvalue weighted by Gasteiger charge is 2.24. The molecule has 0 bridgehead atoms. The molecule has 0 radical (unpaired) electrons. The van der Waals surface area contributed by atoms with Gasteiger partial charge < -0.3 is 10.4 Å². The van der Waals surface area contributed by atoms with Crippen molar-refractivity contribution in [3.8, 4) is 0 Å². The van der Waals surface area contributed by atoms with Gasteiger partial charge in [-0.1, -0.05) is 24.5 Å². The summed E-state index contributed by atoms with van der Waals surface area (Å²) < 4.78 is 0. The molecule has 1 unspecified atom stereocenters. The molecular formula is C16H21N3O2. The number of carbonyl (C=O) groups excluding carboxylic acids is 1. The fourth-order valence-electron chi connectivity index (χ4n) is 3.09. The van der Waals surface area contributed by atoms with Crippen molar-refractivity contribution in [1.82, 2.24) is 15.5 Å². The molecule has 1 fully saturated rings. The van der Waals surface area contributed by atoms with E-state index in [0.29, 0.717) is 18.2 Å². The lowest BCUT2D eigenvalue weighted by atomic mass is 10.0. The number of fused-ring (bicyclic) bond motifs is 1. The van der Waals surface area contributed by atoms with Crippen LogP contribution in [0.25, 0.3) is 10.9 Å². The summed E-state index contributed by atoms with van der Waals surface area (Å²) in [6.07, 6.45) is 4.02. The second-order valence-electron chi connectivity index (χ2n) is 5.94. The van der Waals surface area contributed by atoms with Crippen molar-refractivity contribution in [2.45, 2.75) is 38.7 Å². The number of rotatable bonds is 4. The maximum absolute atomic E-state index is 12.2. The van der Waals surface area contributed by atoms with E-state index < -0.39 is 6.10 Å². The Labute approximate surface area is 123 Å². The van der Waals surface area contributed by atoms with Gasteiger partial charge in [-0.15, -0.1) is 0 Å². The number of benzene rings is 1. The Hall–Kier alpha value is -1.88. The molecule has 1 aromatic carbocycles. The summed E-state index contributed by atoms with van der Waals surface area (Å²) in [5.41, 5.74) is 2.33. The Morgan fingerprint density at radius 2 is 2.24 bits per heavy atom. The molecule has 0 spiro atoms. The van der Waals surface area contributed by atoms with Crippen LogP contribution in [0, 0.1) is 12.8 Å². The number of nitrogens with one attached hydrogen (secondary N) is 2. The standard InChI is InChI=1S/C16H21N3O2/c1-10-6-7-13-12(8-10)15(19-18-13)16(21)17-9-14(20)11-4-2-3-5-11/h6-8,11,14,20H,2-5,9H2,1H3,(H,17,21)(H,18,19). The van der Waals surface area contributed by atoms with E-state index >= 15 is 0 Å². The number of nitrogens with zero attached hydrogens (tertiary/aromatic N) is 1. The average molecular weight is 287 g/mol. The van der Waals surface area contributed by atoms with Gasteiger partial charge in [0.25, 0.3) is 5.91 Å². The van der Waals surface area contributed by atoms with Gasteiger partial charge in [0.2, 0.25) is 0 Å². The smallest absolute Gasteiger partial charge is 0.272 e. The summed E-state index contributed by atoms with van der Waals surface area (Å²) in [4.78, 5) is 12.2. The molecule has 3 rings (SSSR count). The Bertz CT molecular complexity index is 644. The number of H-pyrrole nitrogens is 1. The molecular weight excluding hydrogens is 266 g/mol. The zero-order chi connectivity index (χ0) is 14.8. The van der Waals surface area contributed by atoms with Crippen LogP contribution in [0.3, 0.4) is 0 Å². The third kappa shape index (κ3) is 2.93. The Morgan fingerprint density at radius 1 is 1.48 bits per heavy atom. The van der Waals surface area contributed by atoms with Crippen molar-refractivity contribution >= 4 is 16.8 Å². The van der Waals surface area contributed by atoms with Crippen LogP contribution in [0.5, 0.6) is 0 Å². The third-order valence-corrected chi connectivity index (χ3v) is 4.35. The molecule has 5 heteroatoms. The number of hydrogen-bond acceptors (Lipinski definition) is 3. The monoisotopic (exact) mass is 287 g/mol. The first kappa shape index (κ1) is 14.1. The van der Waals surface area contributed by atoms with Crippen molar-refractivity contribution in [3.05, 3.63) is 29.5 Å². The lowest BCUT2D eigenvalue weighted by Crippen LogP contribution is -2.35. The Morgan fingerprint density at radius 3 is 3.00 bits per heavy atom. The molecule has 1 heterocycles. The number of aromatic amines is 1. The van der Waals surface area contributed by atoms with E-state index in [4.69, 9.17) is 0 Å². The minimum absolute atomic E-state index is 0.233. The fourth-order valence-corrected chi connectivity index (χ4v) is 3.09. The zero-order valence-electron chi connectivity index (χ0n) is 12.2. The minimum Gasteiger partial charge on any atom is -0.391 e. The first-order valence-electron chi connectivity index (χ1n) is 7.56. The summed E-state index contributed by atoms with van der Waals surface area (Å²) in [6.45, 7) is 2.28. The van der Waals surface area contributed by atoms with Crippen molar-refractivity contribution in [3.63, 3.8) is 0 Å². The first-order valence-corrected chi connectivity index (χ1v) is 7.56. The summed E-state index contributed by atoms with van der Waals surface area (Å²) >= 11 is 0. The van der Waals surface area contributed by atoms with Crippen LogP contribution in [0.1, 0.15) is 41.7 Å². The summed E-state index contributed by atoms with van der Waals surface area (Å²) in [5.74, 6) is 0.0902. The van der Waals surface area contributed by atoms with E-state index in [1.807, 2.05) is 25.1 Å². The second-order valence-corrected chi connectivity index (χ2v) is 5.94. The van der Waals surface area contributed by atoms with Crippen molar-refractivity contribution in [2.24, 2.45) is 5.92 Å². The van der Waals surface area contributed by atoms with Gasteiger partial charge in [-0.3, -0.25) is 9.89 Å². The molecule has 1 amide bonds. The molecule has 2 aromatic rings. The van der Waals surface area contributed by atoms with E-state index in [2.05, 4.69) is 15.5 Å². The van der Waals surface area contributed by atoms with Gasteiger partial charge in [0.15, 0.2) is 5.69 Å². The van der Waals surface area contributed by atoms with Crippen LogP contribution in [-0.2, 0) is 0 Å². The van der Waals surface area contributed by atoms with Gasteiger partial charge in [0.1, 0.15) is 0 Å². The first-order chi connectivity index (χ1) is 10.1. The number of hydrogen-bond donors (Lipinski definition) is 3. The molecule has 1 aromatic heterocycles. The van der Waals surface area contributed by atoms with Crippen LogP contribution in [-0.4, -0.2) is 33.9 Å². The highest BCUT2D eigenvalue weighted by Crippen LogP contribution is 2.27. The van der Waals surface area contributed by atoms with Gasteiger partial charge in [0.05, 0.1) is 11.6 Å². The van der Waals surface area contributed by atoms with Gasteiger partial charge in [-0.05, 0) is 37.8 Å². The number of aryl methyl sites for hydroxylation is 1. The maximum Gasteiger partial charge on any atom is 0.272 e. The average Bonchev–Trinajstić information content (AvgIpc) is 3.13. The molecule has 5 nitrogen and oxygen atoms in total. The molecule has 21 heavy (non-hydrogen) atoms. The second kappa shape index (κ2) is 5.85. The van der Waals surface area contributed by atoms with Crippen LogP contribution < -0.4 is 5.32 Å². The Balaban J connectivity index is 1.67. The molecule has 1 aliphatic carbocycles. The SMILES string of the molecule is Cc1ccc2[nH]nc(C(=O)NCC(O)C3CCCC3)c2c1. The molecule has 112 valence electrons. The van der Waals surface area contributed by atoms with Gasteiger partial charge in [-0.2, -0.15) is 5.10 Å². The highest BCUT2D eigenvalue weighted by molar-refractivity contribution is 6.04. The lowest BCUT2D eigenvalue weighted by Gasteiger charge is -2.17. The van der Waals surface area contributed by atoms with E-state index in [9.17, 15) is 9.90 Å². The summed E-state index contributed by atoms with van der Waals surface area (Å²) in [5, 5.41) is 20.7. The zero-order valence-corrected chi connectivity index (χ0v) is 12.2. The highest BCUT2D eigenvalue weighted by atomic mass is 16.3. The van der Waals surface area contributed by atoms with E-state index in [1.54, 1.807) is 0 Å². The summed E-state index contributed by atoms with van der Waals surface area (Å²) in [6, 6.07) is 5.84. The van der Waals surface area contributed by atoms with Crippen molar-refractivity contribution < 1.29 is 9.90 Å². The third-order valence-electron chi connectivity index (χ3n) is 4.35. The lowest BCUT2D eigenvalue weighted by molar-refractivity contribution is 0.0838. The van der Waals surface area contributed by atoms with Crippen LogP contribution in [0.2, 0.25) is 0 Å². The van der Waals surface area contributed by atoms with Crippen LogP contribution in [0.4, 0.5) is 0 Å². The number of aliphatic hydroxyl groups is 1. The topological polar surface area (TPSA) is 78.0 Å². The molecule has 0 saturated heterocycles. The molecule has 0 aliphatic heterocycles. The van der Waals surface area contributed by atoms with Crippen LogP contribution in [0.15, 0.2) is 18.2 Å². The van der Waals surface area contributed by atoms with Crippen LogP contribution >= 0.6 is 0 Å². The van der Waals surface area contributed by atoms with Crippen molar-refractivity contribution in [1.29, 1.82) is 0 Å². The number of aromatic nitrogens is 2. The number of carbonyl (C=O) groups is 1. The van der Waals surface area contributed by atoms with Gasteiger partial charge in [-0.25, -0.2) is 0 Å².